The summed E-state index contributed by atoms with van der Waals surface area (Å²) in [5.41, 5.74) is 0.984. The second-order valence-corrected chi connectivity index (χ2v) is 4.56. The van der Waals surface area contributed by atoms with E-state index in [1.165, 1.54) is 13.2 Å². The zero-order chi connectivity index (χ0) is 14.8. The molecule has 1 aromatic rings. The molecule has 0 aliphatic rings. The van der Waals surface area contributed by atoms with Crippen LogP contribution in [-0.4, -0.2) is 30.1 Å². The van der Waals surface area contributed by atoms with E-state index >= 15 is 0 Å². The average molecular weight is 278 g/mol. The molecule has 20 heavy (non-hydrogen) atoms. The highest BCUT2D eigenvalue weighted by Gasteiger charge is 2.00. The number of ether oxygens (including phenoxy) is 1. The summed E-state index contributed by atoms with van der Waals surface area (Å²) >= 11 is 0. The number of unbranched alkanes of at least 4 members (excludes halogenated alkanes) is 2. The van der Waals surface area contributed by atoms with Crippen molar-refractivity contribution < 1.29 is 14.3 Å². The van der Waals surface area contributed by atoms with Crippen molar-refractivity contribution in [2.45, 2.75) is 25.7 Å². The molecule has 0 unspecified atom stereocenters. The number of amides is 1. The summed E-state index contributed by atoms with van der Waals surface area (Å²) in [5.74, 6) is -0.279. The van der Waals surface area contributed by atoms with Crippen LogP contribution in [0.1, 0.15) is 31.4 Å². The Hall–Kier alpha value is -2.04. The van der Waals surface area contributed by atoms with Crippen LogP contribution in [-0.2, 0) is 21.4 Å². The molecule has 110 valence electrons. The van der Waals surface area contributed by atoms with Crippen LogP contribution in [0.4, 0.5) is 0 Å². The van der Waals surface area contributed by atoms with Crippen molar-refractivity contribution in [2.75, 3.05) is 13.7 Å². The quantitative estimate of drug-likeness (QED) is 0.449. The zero-order valence-electron chi connectivity index (χ0n) is 12.1. The number of nitrogens with one attached hydrogen (secondary N) is 1. The lowest BCUT2D eigenvalue weighted by Gasteiger charge is -2.02. The van der Waals surface area contributed by atoms with Crippen molar-refractivity contribution in [1.82, 2.24) is 9.88 Å². The van der Waals surface area contributed by atoms with Crippen LogP contribution in [0.25, 0.3) is 6.08 Å². The van der Waals surface area contributed by atoms with Gasteiger partial charge >= 0.3 is 5.97 Å². The number of hydrogen-bond acceptors (Lipinski definition) is 3. The molecular formula is C15H22N2O3. The summed E-state index contributed by atoms with van der Waals surface area (Å²) in [6.45, 7) is 0.623. The molecule has 1 N–H and O–H groups in total. The lowest BCUT2D eigenvalue weighted by molar-refractivity contribution is -0.140. The van der Waals surface area contributed by atoms with Crippen LogP contribution in [0.15, 0.2) is 24.4 Å². The van der Waals surface area contributed by atoms with E-state index in [4.69, 9.17) is 0 Å². The van der Waals surface area contributed by atoms with Gasteiger partial charge in [-0.2, -0.15) is 0 Å². The summed E-state index contributed by atoms with van der Waals surface area (Å²) in [5, 5.41) is 2.82. The summed E-state index contributed by atoms with van der Waals surface area (Å²) in [7, 11) is 3.32. The molecule has 0 saturated heterocycles. The number of methoxy groups -OCH3 is 1. The molecule has 1 heterocycles. The van der Waals surface area contributed by atoms with Gasteiger partial charge in [0.25, 0.3) is 0 Å². The Kier molecular flexibility index (Phi) is 7.17. The number of hydrogen-bond donors (Lipinski definition) is 1. The average Bonchev–Trinajstić information content (AvgIpc) is 2.85. The van der Waals surface area contributed by atoms with Gasteiger partial charge in [-0.1, -0.05) is 6.42 Å². The first kappa shape index (κ1) is 16.0. The van der Waals surface area contributed by atoms with Crippen molar-refractivity contribution in [3.8, 4) is 0 Å². The van der Waals surface area contributed by atoms with E-state index in [0.717, 1.165) is 25.0 Å². The Morgan fingerprint density at radius 1 is 1.35 bits per heavy atom. The highest BCUT2D eigenvalue weighted by atomic mass is 16.5. The molecule has 0 atom stereocenters. The fourth-order valence-corrected chi connectivity index (χ4v) is 1.75. The van der Waals surface area contributed by atoms with E-state index in [1.54, 1.807) is 6.08 Å². The Balaban J connectivity index is 2.10. The number of carbonyl (C=O) groups excluding carboxylic acids is 2. The van der Waals surface area contributed by atoms with Crippen LogP contribution in [0.3, 0.4) is 0 Å². The molecule has 5 heteroatoms. The van der Waals surface area contributed by atoms with Crippen molar-refractivity contribution >= 4 is 18.0 Å². The third kappa shape index (κ3) is 6.22. The van der Waals surface area contributed by atoms with Crippen LogP contribution >= 0.6 is 0 Å². The molecule has 0 aliphatic carbocycles. The Labute approximate surface area is 119 Å². The molecule has 1 rings (SSSR count). The molecule has 0 spiro atoms. The standard InChI is InChI=1S/C15H22N2O3/c1-17-12-6-7-13(17)9-10-14(18)16-11-5-3-4-8-15(19)20-2/h6-7,9-10,12H,3-5,8,11H2,1-2H3,(H,16,18)/b10-9+. The maximum Gasteiger partial charge on any atom is 0.305 e. The maximum absolute atomic E-state index is 11.6. The Morgan fingerprint density at radius 3 is 2.80 bits per heavy atom. The van der Waals surface area contributed by atoms with Gasteiger partial charge in [0.15, 0.2) is 0 Å². The van der Waals surface area contributed by atoms with E-state index < -0.39 is 0 Å². The highest BCUT2D eigenvalue weighted by Crippen LogP contribution is 2.02. The van der Waals surface area contributed by atoms with E-state index in [0.29, 0.717) is 13.0 Å². The predicted octanol–water partition coefficient (Wildman–Crippen LogP) is 1.89. The number of aryl methyl sites for hydroxylation is 1. The van der Waals surface area contributed by atoms with Crippen LogP contribution < -0.4 is 5.32 Å². The van der Waals surface area contributed by atoms with Crippen molar-refractivity contribution in [2.24, 2.45) is 7.05 Å². The Bertz CT molecular complexity index is 463. The molecule has 5 nitrogen and oxygen atoms in total. The largest absolute Gasteiger partial charge is 0.469 e. The summed E-state index contributed by atoms with van der Waals surface area (Å²) in [6.07, 6.45) is 8.24. The minimum absolute atomic E-state index is 0.0980. The van der Waals surface area contributed by atoms with Gasteiger partial charge in [0.2, 0.25) is 5.91 Å². The van der Waals surface area contributed by atoms with Crippen molar-refractivity contribution in [3.05, 3.63) is 30.1 Å². The topological polar surface area (TPSA) is 60.3 Å². The second-order valence-electron chi connectivity index (χ2n) is 4.56. The van der Waals surface area contributed by atoms with Crippen molar-refractivity contribution in [3.63, 3.8) is 0 Å². The van der Waals surface area contributed by atoms with Gasteiger partial charge in [0.05, 0.1) is 7.11 Å². The van der Waals surface area contributed by atoms with Gasteiger partial charge < -0.3 is 14.6 Å². The van der Waals surface area contributed by atoms with Gasteiger partial charge in [-0.3, -0.25) is 9.59 Å². The fourth-order valence-electron chi connectivity index (χ4n) is 1.75. The lowest BCUT2D eigenvalue weighted by Crippen LogP contribution is -2.22. The van der Waals surface area contributed by atoms with E-state index in [-0.39, 0.29) is 11.9 Å². The van der Waals surface area contributed by atoms with Gasteiger partial charge in [-0.15, -0.1) is 0 Å². The van der Waals surface area contributed by atoms with Gasteiger partial charge in [0, 0.05) is 38.0 Å². The van der Waals surface area contributed by atoms with E-state index in [9.17, 15) is 9.59 Å². The summed E-state index contributed by atoms with van der Waals surface area (Å²) < 4.78 is 6.49. The first-order chi connectivity index (χ1) is 9.63. The van der Waals surface area contributed by atoms with Gasteiger partial charge in [0.1, 0.15) is 0 Å². The second kappa shape index (κ2) is 8.96. The number of carbonyl (C=O) groups is 2. The lowest BCUT2D eigenvalue weighted by atomic mass is 10.2. The SMILES string of the molecule is COC(=O)CCCCCNC(=O)/C=C/c1cccn1C. The van der Waals surface area contributed by atoms with Crippen LogP contribution in [0, 0.1) is 0 Å². The third-order valence-corrected chi connectivity index (χ3v) is 2.97. The van der Waals surface area contributed by atoms with Gasteiger partial charge in [-0.25, -0.2) is 0 Å². The maximum atomic E-state index is 11.6. The molecule has 1 amide bonds. The van der Waals surface area contributed by atoms with E-state index in [2.05, 4.69) is 10.1 Å². The molecule has 0 radical (unpaired) electrons. The van der Waals surface area contributed by atoms with Crippen LogP contribution in [0.2, 0.25) is 0 Å². The number of esters is 1. The zero-order valence-corrected chi connectivity index (χ0v) is 12.1. The summed E-state index contributed by atoms with van der Waals surface area (Å²) in [4.78, 5) is 22.4. The first-order valence-corrected chi connectivity index (χ1v) is 6.77. The molecule has 0 fully saturated rings. The normalized spacial score (nSPS) is 10.7. The van der Waals surface area contributed by atoms with Crippen molar-refractivity contribution in [1.29, 1.82) is 0 Å². The monoisotopic (exact) mass is 278 g/mol. The molecule has 0 bridgehead atoms. The minimum Gasteiger partial charge on any atom is -0.469 e. The highest BCUT2D eigenvalue weighted by molar-refractivity contribution is 5.91. The molecule has 1 aromatic heterocycles. The number of rotatable bonds is 8. The van der Waals surface area contributed by atoms with E-state index in [1.807, 2.05) is 29.9 Å². The smallest absolute Gasteiger partial charge is 0.305 e. The fraction of sp³-hybridized carbons (Fsp3) is 0.467. The minimum atomic E-state index is -0.181. The van der Waals surface area contributed by atoms with Gasteiger partial charge in [-0.05, 0) is 31.1 Å². The Morgan fingerprint density at radius 2 is 2.15 bits per heavy atom. The third-order valence-electron chi connectivity index (χ3n) is 2.97. The molecular weight excluding hydrogens is 256 g/mol. The van der Waals surface area contributed by atoms with Crippen LogP contribution in [0.5, 0.6) is 0 Å². The first-order valence-electron chi connectivity index (χ1n) is 6.77. The summed E-state index contributed by atoms with van der Waals surface area (Å²) in [6, 6.07) is 3.87. The number of nitrogens with zero attached hydrogens (tertiary/aromatic N) is 1. The predicted molar refractivity (Wildman–Crippen MR) is 77.9 cm³/mol. The molecule has 0 aromatic carbocycles. The molecule has 0 aliphatic heterocycles. The molecule has 0 saturated carbocycles. The number of aromatic nitrogens is 1.